The maximum Gasteiger partial charge on any atom is 0.314 e. The van der Waals surface area contributed by atoms with Crippen LogP contribution >= 0.6 is 0 Å². The maximum atomic E-state index is 11.8. The van der Waals surface area contributed by atoms with Crippen LogP contribution in [0, 0.1) is 0 Å². The van der Waals surface area contributed by atoms with Gasteiger partial charge in [-0.15, -0.1) is 0 Å². The van der Waals surface area contributed by atoms with Crippen molar-refractivity contribution in [3.63, 3.8) is 0 Å². The van der Waals surface area contributed by atoms with Crippen LogP contribution in [0.25, 0.3) is 0 Å². The molecule has 7 heteroatoms. The first-order valence-corrected chi connectivity index (χ1v) is 9.52. The number of fused-ring (bicyclic) bond motifs is 1. The number of carbonyl (C=O) groups is 1. The fourth-order valence-electron chi connectivity index (χ4n) is 3.09. The number of carbonyl (C=O) groups excluding carboxylic acids is 1. The number of amides is 2. The Balaban J connectivity index is 1.90. The molecule has 1 aromatic rings. The first-order chi connectivity index (χ1) is 10.7. The molecule has 0 bridgehead atoms. The van der Waals surface area contributed by atoms with Gasteiger partial charge in [0.15, 0.2) is 0 Å². The molecule has 1 unspecified atom stereocenters. The zero-order valence-corrected chi connectivity index (χ0v) is 14.4. The van der Waals surface area contributed by atoms with E-state index in [0.29, 0.717) is 6.54 Å². The summed E-state index contributed by atoms with van der Waals surface area (Å²) in [7, 11) is -3.55. The highest BCUT2D eigenvalue weighted by atomic mass is 32.2. The molecule has 0 fully saturated rings. The summed E-state index contributed by atoms with van der Waals surface area (Å²) < 4.78 is 21.6. The van der Waals surface area contributed by atoms with E-state index in [1.54, 1.807) is 0 Å². The number of urea groups is 1. The Bertz CT molecular complexity index is 671. The summed E-state index contributed by atoms with van der Waals surface area (Å²) in [5.41, 5.74) is 2.78. The average Bonchev–Trinajstić information content (AvgIpc) is 2.45. The molecule has 1 atom stereocenters. The molecule has 2 amide bonds. The fourth-order valence-corrected chi connectivity index (χ4v) is 3.48. The van der Waals surface area contributed by atoms with Crippen molar-refractivity contribution in [3.05, 3.63) is 35.4 Å². The van der Waals surface area contributed by atoms with E-state index in [0.717, 1.165) is 12.8 Å². The molecule has 0 spiro atoms. The smallest absolute Gasteiger partial charge is 0.314 e. The zero-order chi connectivity index (χ0) is 17.1. The van der Waals surface area contributed by atoms with Gasteiger partial charge in [0, 0.05) is 19.0 Å². The molecule has 0 heterocycles. The molecule has 0 radical (unpaired) electrons. The third-order valence-corrected chi connectivity index (χ3v) is 5.20. The van der Waals surface area contributed by atoms with E-state index < -0.39 is 10.0 Å². The lowest BCUT2D eigenvalue weighted by Crippen LogP contribution is -2.41. The summed E-state index contributed by atoms with van der Waals surface area (Å²) >= 11 is 0. The molecular formula is C16H25N3O3S. The molecule has 0 aromatic heterocycles. The monoisotopic (exact) mass is 339 g/mol. The number of benzene rings is 1. The summed E-state index contributed by atoms with van der Waals surface area (Å²) in [5.74, 6) is 0.0177. The minimum Gasteiger partial charge on any atom is -0.338 e. The SMILES string of the molecule is CC1(C)CCC(CNC(=O)NCCS(N)(=O)=O)c2ccccc21. The minimum atomic E-state index is -3.55. The van der Waals surface area contributed by atoms with Crippen LogP contribution < -0.4 is 15.8 Å². The van der Waals surface area contributed by atoms with Crippen molar-refractivity contribution in [2.45, 2.75) is 38.0 Å². The van der Waals surface area contributed by atoms with E-state index in [-0.39, 0.29) is 29.7 Å². The van der Waals surface area contributed by atoms with E-state index in [1.165, 1.54) is 11.1 Å². The molecule has 0 saturated heterocycles. The van der Waals surface area contributed by atoms with Gasteiger partial charge in [-0.2, -0.15) is 0 Å². The summed E-state index contributed by atoms with van der Waals surface area (Å²) in [6.07, 6.45) is 2.09. The van der Waals surface area contributed by atoms with Gasteiger partial charge in [0.05, 0.1) is 5.75 Å². The van der Waals surface area contributed by atoms with Crippen molar-refractivity contribution in [2.75, 3.05) is 18.8 Å². The summed E-state index contributed by atoms with van der Waals surface area (Å²) in [6, 6.07) is 8.00. The quantitative estimate of drug-likeness (QED) is 0.756. The Morgan fingerprint density at radius 3 is 2.70 bits per heavy atom. The second kappa shape index (κ2) is 6.88. The molecule has 0 saturated carbocycles. The Morgan fingerprint density at radius 1 is 1.30 bits per heavy atom. The first kappa shape index (κ1) is 17.7. The van der Waals surface area contributed by atoms with Crippen LogP contribution in [0.4, 0.5) is 4.79 Å². The number of rotatable bonds is 5. The van der Waals surface area contributed by atoms with Crippen LogP contribution in [0.5, 0.6) is 0 Å². The Labute approximate surface area is 137 Å². The van der Waals surface area contributed by atoms with Crippen LogP contribution in [0.2, 0.25) is 0 Å². The zero-order valence-electron chi connectivity index (χ0n) is 13.6. The number of sulfonamides is 1. The number of hydrogen-bond donors (Lipinski definition) is 3. The Kier molecular flexibility index (Phi) is 5.31. The molecule has 4 N–H and O–H groups in total. The molecule has 1 aliphatic rings. The first-order valence-electron chi connectivity index (χ1n) is 7.81. The molecule has 6 nitrogen and oxygen atoms in total. The number of primary sulfonamides is 1. The molecular weight excluding hydrogens is 314 g/mol. The highest BCUT2D eigenvalue weighted by Gasteiger charge is 2.32. The lowest BCUT2D eigenvalue weighted by Gasteiger charge is -2.37. The van der Waals surface area contributed by atoms with Crippen LogP contribution in [0.3, 0.4) is 0 Å². The van der Waals surface area contributed by atoms with Gasteiger partial charge in [-0.3, -0.25) is 0 Å². The summed E-state index contributed by atoms with van der Waals surface area (Å²) in [4.78, 5) is 11.8. The van der Waals surface area contributed by atoms with Crippen molar-refractivity contribution < 1.29 is 13.2 Å². The van der Waals surface area contributed by atoms with E-state index in [9.17, 15) is 13.2 Å². The molecule has 2 rings (SSSR count). The standard InChI is InChI=1S/C16H25N3O3S/c1-16(2)8-7-12(13-5-3-4-6-14(13)16)11-19-15(20)18-9-10-23(17,21)22/h3-6,12H,7-11H2,1-2H3,(H2,17,21,22)(H2,18,19,20). The minimum absolute atomic E-state index is 0.0128. The highest BCUT2D eigenvalue weighted by molar-refractivity contribution is 7.89. The molecule has 1 aliphatic carbocycles. The fraction of sp³-hybridized carbons (Fsp3) is 0.562. The van der Waals surface area contributed by atoms with Crippen molar-refractivity contribution in [1.82, 2.24) is 10.6 Å². The van der Waals surface area contributed by atoms with Crippen molar-refractivity contribution >= 4 is 16.1 Å². The van der Waals surface area contributed by atoms with Crippen LogP contribution in [0.1, 0.15) is 43.7 Å². The summed E-state index contributed by atoms with van der Waals surface area (Å²) in [5, 5.41) is 10.2. The predicted octanol–water partition coefficient (Wildman–Crippen LogP) is 1.43. The van der Waals surface area contributed by atoms with Gasteiger partial charge in [0.1, 0.15) is 0 Å². The third-order valence-electron chi connectivity index (χ3n) is 4.43. The van der Waals surface area contributed by atoms with E-state index >= 15 is 0 Å². The maximum absolute atomic E-state index is 11.8. The van der Waals surface area contributed by atoms with Gasteiger partial charge in [0.2, 0.25) is 10.0 Å². The van der Waals surface area contributed by atoms with E-state index in [2.05, 4.69) is 42.7 Å². The molecule has 1 aromatic carbocycles. The van der Waals surface area contributed by atoms with Crippen molar-refractivity contribution in [2.24, 2.45) is 5.14 Å². The largest absolute Gasteiger partial charge is 0.338 e. The Morgan fingerprint density at radius 2 is 2.00 bits per heavy atom. The van der Waals surface area contributed by atoms with E-state index in [1.807, 2.05) is 6.07 Å². The molecule has 23 heavy (non-hydrogen) atoms. The van der Waals surface area contributed by atoms with Crippen LogP contribution in [0.15, 0.2) is 24.3 Å². The van der Waals surface area contributed by atoms with Gasteiger partial charge in [-0.05, 0) is 29.4 Å². The third kappa shape index (κ3) is 4.94. The predicted molar refractivity (Wildman–Crippen MR) is 90.8 cm³/mol. The average molecular weight is 339 g/mol. The Hall–Kier alpha value is -1.60. The molecule has 0 aliphatic heterocycles. The highest BCUT2D eigenvalue weighted by Crippen LogP contribution is 2.42. The second-order valence-electron chi connectivity index (χ2n) is 6.71. The van der Waals surface area contributed by atoms with Gasteiger partial charge in [-0.25, -0.2) is 18.4 Å². The van der Waals surface area contributed by atoms with Crippen LogP contribution in [-0.2, 0) is 15.4 Å². The lowest BCUT2D eigenvalue weighted by atomic mass is 9.69. The van der Waals surface area contributed by atoms with Crippen molar-refractivity contribution in [1.29, 1.82) is 0 Å². The number of nitrogens with one attached hydrogen (secondary N) is 2. The van der Waals surface area contributed by atoms with Gasteiger partial charge >= 0.3 is 6.03 Å². The van der Waals surface area contributed by atoms with Gasteiger partial charge in [-0.1, -0.05) is 38.1 Å². The second-order valence-corrected chi connectivity index (χ2v) is 8.44. The lowest BCUT2D eigenvalue weighted by molar-refractivity contribution is 0.240. The van der Waals surface area contributed by atoms with Crippen molar-refractivity contribution in [3.8, 4) is 0 Å². The van der Waals surface area contributed by atoms with E-state index in [4.69, 9.17) is 5.14 Å². The van der Waals surface area contributed by atoms with Gasteiger partial charge in [0.25, 0.3) is 0 Å². The van der Waals surface area contributed by atoms with Gasteiger partial charge < -0.3 is 10.6 Å². The normalized spacial score (nSPS) is 19.7. The summed E-state index contributed by atoms with van der Waals surface area (Å²) in [6.45, 7) is 5.04. The van der Waals surface area contributed by atoms with Crippen LogP contribution in [-0.4, -0.2) is 33.3 Å². The topological polar surface area (TPSA) is 101 Å². The number of hydrogen-bond acceptors (Lipinski definition) is 3. The molecule has 128 valence electrons. The number of nitrogens with two attached hydrogens (primary N) is 1.